The first kappa shape index (κ1) is 20.2. The van der Waals surface area contributed by atoms with E-state index in [1.165, 1.54) is 48.5 Å². The van der Waals surface area contributed by atoms with Crippen LogP contribution in [-0.4, -0.2) is 22.2 Å². The van der Waals surface area contributed by atoms with Gasteiger partial charge in [-0.15, -0.1) is 13.2 Å². The number of imidazole rings is 1. The third-order valence-electron chi connectivity index (χ3n) is 4.20. The van der Waals surface area contributed by atoms with E-state index in [-0.39, 0.29) is 11.7 Å². The number of halogens is 4. The number of fused-ring (bicyclic) bond motifs is 1. The first-order valence-electron chi connectivity index (χ1n) is 8.95. The molecule has 0 spiro atoms. The third kappa shape index (κ3) is 5.10. The number of nitrogens with zero attached hydrogens (tertiary/aromatic N) is 1. The van der Waals surface area contributed by atoms with Crippen molar-refractivity contribution < 1.29 is 27.1 Å². The molecule has 0 radical (unpaired) electrons. The van der Waals surface area contributed by atoms with Gasteiger partial charge < -0.3 is 20.4 Å². The molecule has 0 aliphatic rings. The summed E-state index contributed by atoms with van der Waals surface area (Å²) < 4.78 is 53.5. The SMILES string of the molecule is O=C(Nc1ccc(F)cc1)c1ccc2[nH]c(Nc3ccc(OC(F)(F)F)cc3)nc2c1. The van der Waals surface area contributed by atoms with Crippen molar-refractivity contribution in [1.82, 2.24) is 9.97 Å². The van der Waals surface area contributed by atoms with Crippen molar-refractivity contribution in [2.75, 3.05) is 10.6 Å². The second-order valence-electron chi connectivity index (χ2n) is 6.48. The maximum atomic E-state index is 13.0. The zero-order chi connectivity index (χ0) is 22.0. The van der Waals surface area contributed by atoms with Crippen LogP contribution in [0.25, 0.3) is 11.0 Å². The van der Waals surface area contributed by atoms with Gasteiger partial charge in [-0.3, -0.25) is 4.79 Å². The normalized spacial score (nSPS) is 11.4. The maximum absolute atomic E-state index is 13.0. The van der Waals surface area contributed by atoms with Crippen LogP contribution >= 0.6 is 0 Å². The van der Waals surface area contributed by atoms with Crippen LogP contribution in [0, 0.1) is 5.82 Å². The largest absolute Gasteiger partial charge is 0.573 e. The molecular formula is C21H14F4N4O2. The van der Waals surface area contributed by atoms with Gasteiger partial charge in [-0.25, -0.2) is 9.37 Å². The van der Waals surface area contributed by atoms with Crippen molar-refractivity contribution in [2.24, 2.45) is 0 Å². The number of amides is 1. The van der Waals surface area contributed by atoms with E-state index in [0.29, 0.717) is 33.9 Å². The van der Waals surface area contributed by atoms with Crippen molar-refractivity contribution in [1.29, 1.82) is 0 Å². The number of benzene rings is 3. The summed E-state index contributed by atoms with van der Waals surface area (Å²) in [6, 6.07) is 15.4. The van der Waals surface area contributed by atoms with Gasteiger partial charge in [0.25, 0.3) is 5.91 Å². The summed E-state index contributed by atoms with van der Waals surface area (Å²) in [4.78, 5) is 19.8. The number of hydrogen-bond donors (Lipinski definition) is 3. The molecular weight excluding hydrogens is 416 g/mol. The highest BCUT2D eigenvalue weighted by Gasteiger charge is 2.30. The summed E-state index contributed by atoms with van der Waals surface area (Å²) in [6.07, 6.45) is -4.76. The molecule has 0 aliphatic carbocycles. The molecule has 1 aromatic heterocycles. The number of ether oxygens (including phenoxy) is 1. The van der Waals surface area contributed by atoms with Gasteiger partial charge in [0.2, 0.25) is 5.95 Å². The van der Waals surface area contributed by atoms with E-state index in [1.54, 1.807) is 18.2 Å². The minimum atomic E-state index is -4.76. The lowest BCUT2D eigenvalue weighted by molar-refractivity contribution is -0.274. The molecule has 1 heterocycles. The van der Waals surface area contributed by atoms with Gasteiger partial charge in [0.1, 0.15) is 11.6 Å². The smallest absolute Gasteiger partial charge is 0.406 e. The Morgan fingerprint density at radius 3 is 2.29 bits per heavy atom. The number of nitrogens with one attached hydrogen (secondary N) is 3. The fourth-order valence-electron chi connectivity index (χ4n) is 2.82. The summed E-state index contributed by atoms with van der Waals surface area (Å²) in [5, 5.41) is 5.60. The lowest BCUT2D eigenvalue weighted by atomic mass is 10.2. The van der Waals surface area contributed by atoms with E-state index >= 15 is 0 Å². The summed E-state index contributed by atoms with van der Waals surface area (Å²) in [5.41, 5.74) is 2.45. The number of rotatable bonds is 5. The van der Waals surface area contributed by atoms with Gasteiger partial charge in [0, 0.05) is 16.9 Å². The zero-order valence-electron chi connectivity index (χ0n) is 15.6. The molecule has 6 nitrogen and oxygen atoms in total. The Hall–Kier alpha value is -4.08. The van der Waals surface area contributed by atoms with Crippen LogP contribution in [0.5, 0.6) is 5.75 Å². The Morgan fingerprint density at radius 2 is 1.61 bits per heavy atom. The molecule has 3 N–H and O–H groups in total. The van der Waals surface area contributed by atoms with Crippen molar-refractivity contribution in [3.05, 3.63) is 78.1 Å². The molecule has 3 aromatic carbocycles. The highest BCUT2D eigenvalue weighted by Crippen LogP contribution is 2.25. The molecule has 0 bridgehead atoms. The van der Waals surface area contributed by atoms with Crippen LogP contribution in [0.2, 0.25) is 0 Å². The summed E-state index contributed by atoms with van der Waals surface area (Å²) >= 11 is 0. The number of aromatic nitrogens is 2. The van der Waals surface area contributed by atoms with Gasteiger partial charge in [0.15, 0.2) is 0 Å². The van der Waals surface area contributed by atoms with Crippen LogP contribution in [-0.2, 0) is 0 Å². The number of aromatic amines is 1. The molecule has 0 aliphatic heterocycles. The zero-order valence-corrected chi connectivity index (χ0v) is 15.6. The van der Waals surface area contributed by atoms with Crippen molar-refractivity contribution in [3.8, 4) is 5.75 Å². The number of carbonyl (C=O) groups is 1. The standard InChI is InChI=1S/C21H14F4N4O2/c22-13-2-4-14(5-3-13)26-19(30)12-1-10-17-18(11-12)29-20(28-17)27-15-6-8-16(9-7-15)31-21(23,24)25/h1-11H,(H,26,30)(H2,27,28,29). The number of hydrogen-bond acceptors (Lipinski definition) is 4. The predicted molar refractivity (Wildman–Crippen MR) is 107 cm³/mol. The Balaban J connectivity index is 1.47. The Labute approximate surface area is 172 Å². The monoisotopic (exact) mass is 430 g/mol. The van der Waals surface area contributed by atoms with Gasteiger partial charge in [-0.05, 0) is 66.7 Å². The first-order chi connectivity index (χ1) is 14.7. The molecule has 4 rings (SSSR count). The first-order valence-corrected chi connectivity index (χ1v) is 8.95. The average molecular weight is 430 g/mol. The summed E-state index contributed by atoms with van der Waals surface area (Å²) in [7, 11) is 0. The van der Waals surface area contributed by atoms with Gasteiger partial charge in [0.05, 0.1) is 11.0 Å². The molecule has 0 saturated carbocycles. The van der Waals surface area contributed by atoms with Crippen LogP contribution in [0.1, 0.15) is 10.4 Å². The fraction of sp³-hybridized carbons (Fsp3) is 0.0476. The van der Waals surface area contributed by atoms with E-state index in [1.807, 2.05) is 0 Å². The Bertz CT molecular complexity index is 1220. The van der Waals surface area contributed by atoms with E-state index in [0.717, 1.165) is 0 Å². The molecule has 0 atom stereocenters. The molecule has 0 fully saturated rings. The molecule has 1 amide bonds. The number of anilines is 3. The van der Waals surface area contributed by atoms with Crippen LogP contribution < -0.4 is 15.4 Å². The lowest BCUT2D eigenvalue weighted by Gasteiger charge is -2.09. The fourth-order valence-corrected chi connectivity index (χ4v) is 2.82. The number of H-pyrrole nitrogens is 1. The minimum absolute atomic E-state index is 0.334. The third-order valence-corrected chi connectivity index (χ3v) is 4.20. The molecule has 10 heteroatoms. The summed E-state index contributed by atoms with van der Waals surface area (Å²) in [6.45, 7) is 0. The van der Waals surface area contributed by atoms with Crippen LogP contribution in [0.15, 0.2) is 66.7 Å². The van der Waals surface area contributed by atoms with Crippen molar-refractivity contribution in [3.63, 3.8) is 0 Å². The number of carbonyl (C=O) groups excluding carboxylic acids is 1. The lowest BCUT2D eigenvalue weighted by Crippen LogP contribution is -2.16. The second kappa shape index (κ2) is 7.98. The van der Waals surface area contributed by atoms with E-state index in [4.69, 9.17) is 0 Å². The Kier molecular flexibility index (Phi) is 5.20. The quantitative estimate of drug-likeness (QED) is 0.360. The molecule has 31 heavy (non-hydrogen) atoms. The van der Waals surface area contributed by atoms with E-state index in [9.17, 15) is 22.4 Å². The van der Waals surface area contributed by atoms with Crippen LogP contribution in [0.3, 0.4) is 0 Å². The predicted octanol–water partition coefficient (Wildman–Crippen LogP) is 5.60. The van der Waals surface area contributed by atoms with E-state index < -0.39 is 12.2 Å². The second-order valence-corrected chi connectivity index (χ2v) is 6.48. The van der Waals surface area contributed by atoms with Crippen molar-refractivity contribution in [2.45, 2.75) is 6.36 Å². The van der Waals surface area contributed by atoms with E-state index in [2.05, 4.69) is 25.3 Å². The minimum Gasteiger partial charge on any atom is -0.406 e. The maximum Gasteiger partial charge on any atom is 0.573 e. The van der Waals surface area contributed by atoms with Gasteiger partial charge >= 0.3 is 6.36 Å². The number of alkyl halides is 3. The average Bonchev–Trinajstić information content (AvgIpc) is 3.11. The van der Waals surface area contributed by atoms with Gasteiger partial charge in [-0.1, -0.05) is 0 Å². The van der Waals surface area contributed by atoms with Crippen molar-refractivity contribution >= 4 is 34.3 Å². The molecule has 4 aromatic rings. The molecule has 158 valence electrons. The topological polar surface area (TPSA) is 79.0 Å². The Morgan fingerprint density at radius 1 is 0.935 bits per heavy atom. The highest BCUT2D eigenvalue weighted by molar-refractivity contribution is 6.06. The van der Waals surface area contributed by atoms with Gasteiger partial charge in [-0.2, -0.15) is 0 Å². The summed E-state index contributed by atoms with van der Waals surface area (Å²) in [5.74, 6) is -0.778. The van der Waals surface area contributed by atoms with Crippen LogP contribution in [0.4, 0.5) is 34.9 Å². The molecule has 0 saturated heterocycles. The highest BCUT2D eigenvalue weighted by atomic mass is 19.4. The molecule has 0 unspecified atom stereocenters.